The van der Waals surface area contributed by atoms with Crippen LogP contribution in [0.15, 0.2) is 42.5 Å². The summed E-state index contributed by atoms with van der Waals surface area (Å²) in [6.07, 6.45) is 2.65. The van der Waals surface area contributed by atoms with E-state index in [0.717, 1.165) is 12.0 Å². The third-order valence-electron chi connectivity index (χ3n) is 2.84. The molecule has 2 heteroatoms. The Hall–Kier alpha value is -1.83. The van der Waals surface area contributed by atoms with Crippen molar-refractivity contribution in [1.82, 2.24) is 5.32 Å². The van der Waals surface area contributed by atoms with E-state index in [9.17, 15) is 4.79 Å². The number of amides is 1. The second-order valence-electron chi connectivity index (χ2n) is 3.78. The van der Waals surface area contributed by atoms with Crippen LogP contribution in [0.3, 0.4) is 0 Å². The van der Waals surface area contributed by atoms with E-state index in [0.29, 0.717) is 0 Å². The summed E-state index contributed by atoms with van der Waals surface area (Å²) >= 11 is 0. The molecule has 0 fully saturated rings. The monoisotopic (exact) mass is 212 g/mol. The Morgan fingerprint density at radius 1 is 1.19 bits per heavy atom. The molecule has 16 heavy (non-hydrogen) atoms. The van der Waals surface area contributed by atoms with Crippen LogP contribution >= 0.6 is 0 Å². The lowest BCUT2D eigenvalue weighted by atomic mass is 9.97. The number of nitrogens with one attached hydrogen (secondary N) is 1. The number of rotatable bonds is 4. The van der Waals surface area contributed by atoms with Crippen molar-refractivity contribution in [2.75, 3.05) is 0 Å². The predicted molar refractivity (Wildman–Crippen MR) is 65.8 cm³/mol. The van der Waals surface area contributed by atoms with Gasteiger partial charge in [-0.05, 0) is 22.8 Å². The van der Waals surface area contributed by atoms with Crippen molar-refractivity contribution in [1.29, 1.82) is 0 Å². The highest BCUT2D eigenvalue weighted by atomic mass is 16.1. The Labute approximate surface area is 95.3 Å². The summed E-state index contributed by atoms with van der Waals surface area (Å²) in [5.74, 6) is 0. The summed E-state index contributed by atoms with van der Waals surface area (Å²) in [4.78, 5) is 10.4. The first kappa shape index (κ1) is 10.7. The van der Waals surface area contributed by atoms with Crippen LogP contribution in [-0.2, 0) is 4.79 Å². The van der Waals surface area contributed by atoms with Gasteiger partial charge in [0.2, 0.25) is 0 Å². The summed E-state index contributed by atoms with van der Waals surface area (Å²) < 4.78 is 0. The van der Waals surface area contributed by atoms with E-state index in [-0.39, 0.29) is 6.04 Å². The van der Waals surface area contributed by atoms with Crippen molar-refractivity contribution in [2.24, 2.45) is 0 Å². The molecule has 1 atom stereocenters. The molecule has 1 amide bonds. The molecule has 0 bridgehead atoms. The lowest BCUT2D eigenvalue weighted by Gasteiger charge is -2.16. The van der Waals surface area contributed by atoms with E-state index in [1.807, 2.05) is 18.2 Å². The first-order chi connectivity index (χ1) is 7.86. The van der Waals surface area contributed by atoms with Crippen molar-refractivity contribution in [2.45, 2.75) is 19.4 Å². The molecule has 0 aliphatic carbocycles. The quantitative estimate of drug-likeness (QED) is 0.776. The molecule has 2 nitrogen and oxygen atoms in total. The number of hydrogen-bond acceptors (Lipinski definition) is 1. The molecule has 2 aromatic rings. The van der Waals surface area contributed by atoms with Gasteiger partial charge < -0.3 is 5.32 Å². The molecule has 0 saturated carbocycles. The van der Waals surface area contributed by atoms with Gasteiger partial charge in [0.05, 0.1) is 6.04 Å². The number of carbonyl (C=O) groups excluding carboxylic acids is 1. The van der Waals surface area contributed by atoms with Crippen molar-refractivity contribution in [3.63, 3.8) is 0 Å². The average molecular weight is 212 g/mol. The van der Waals surface area contributed by atoms with Crippen LogP contribution in [-0.4, -0.2) is 6.41 Å². The number of hydrogen-bond donors (Lipinski definition) is 1. The Bertz CT molecular complexity index is 488. The first-order valence-electron chi connectivity index (χ1n) is 5.47. The van der Waals surface area contributed by atoms with Crippen LogP contribution < -0.4 is 5.32 Å². The van der Waals surface area contributed by atoms with E-state index in [1.54, 1.807) is 6.41 Å². The number of fused-ring (bicyclic) bond motifs is 1. The fourth-order valence-corrected chi connectivity index (χ4v) is 2.03. The maximum atomic E-state index is 10.4. The molecule has 1 unspecified atom stereocenters. The van der Waals surface area contributed by atoms with Gasteiger partial charge in [-0.1, -0.05) is 49.4 Å². The van der Waals surface area contributed by atoms with Gasteiger partial charge in [-0.2, -0.15) is 0 Å². The first-order valence-corrected chi connectivity index (χ1v) is 5.47. The van der Waals surface area contributed by atoms with Crippen molar-refractivity contribution in [3.8, 4) is 0 Å². The van der Waals surface area contributed by atoms with Gasteiger partial charge >= 0.3 is 6.41 Å². The highest BCUT2D eigenvalue weighted by molar-refractivity contribution is 5.86. The van der Waals surface area contributed by atoms with Gasteiger partial charge in [-0.15, -0.1) is 0 Å². The predicted octanol–water partition coefficient (Wildman–Crippen LogP) is 2.95. The van der Waals surface area contributed by atoms with Gasteiger partial charge in [0.15, 0.2) is 0 Å². The molecule has 0 aliphatic rings. The third-order valence-corrected chi connectivity index (χ3v) is 2.84. The lowest BCUT2D eigenvalue weighted by Crippen LogP contribution is -2.18. The smallest absolute Gasteiger partial charge is 0.309 e. The van der Waals surface area contributed by atoms with Crippen molar-refractivity contribution < 1.29 is 4.79 Å². The Balaban J connectivity index is 2.54. The van der Waals surface area contributed by atoms with Crippen LogP contribution in [0.5, 0.6) is 0 Å². The normalized spacial score (nSPS) is 12.3. The van der Waals surface area contributed by atoms with Gasteiger partial charge in [-0.25, -0.2) is 0 Å². The Morgan fingerprint density at radius 2 is 1.94 bits per heavy atom. The molecule has 0 spiro atoms. The molecular weight excluding hydrogens is 198 g/mol. The van der Waals surface area contributed by atoms with E-state index >= 15 is 0 Å². The summed E-state index contributed by atoms with van der Waals surface area (Å²) in [5, 5.41) is 5.13. The van der Waals surface area contributed by atoms with E-state index in [1.165, 1.54) is 10.8 Å². The van der Waals surface area contributed by atoms with Gasteiger partial charge in [0.25, 0.3) is 0 Å². The molecule has 0 heterocycles. The minimum Gasteiger partial charge on any atom is -0.341 e. The van der Waals surface area contributed by atoms with Gasteiger partial charge in [-0.3, -0.25) is 4.79 Å². The van der Waals surface area contributed by atoms with Crippen LogP contribution in [0.2, 0.25) is 0 Å². The van der Waals surface area contributed by atoms with E-state index in [4.69, 9.17) is 0 Å². The summed E-state index contributed by atoms with van der Waals surface area (Å²) in [7, 11) is 0. The zero-order valence-electron chi connectivity index (χ0n) is 9.23. The maximum absolute atomic E-state index is 10.4. The topological polar surface area (TPSA) is 29.1 Å². The molecule has 1 N–H and O–H groups in total. The zero-order valence-corrected chi connectivity index (χ0v) is 9.23. The molecule has 2 aromatic carbocycles. The molecular formula is C14H14NO. The lowest BCUT2D eigenvalue weighted by molar-refractivity contribution is 0.518. The molecule has 0 aromatic heterocycles. The Morgan fingerprint density at radius 3 is 2.69 bits per heavy atom. The highest BCUT2D eigenvalue weighted by Gasteiger charge is 2.10. The zero-order chi connectivity index (χ0) is 11.4. The average Bonchev–Trinajstić information content (AvgIpc) is 2.35. The van der Waals surface area contributed by atoms with Crippen LogP contribution in [0.25, 0.3) is 10.8 Å². The molecule has 2 rings (SSSR count). The van der Waals surface area contributed by atoms with Gasteiger partial charge in [0, 0.05) is 0 Å². The standard InChI is InChI=1S/C14H14NO/c1-2-14(15-10-16)13-9-5-7-11-6-3-4-8-12(11)13/h3-9,14H,2H2,1H3,(H,15,16). The molecule has 1 radical (unpaired) electrons. The number of benzene rings is 2. The fourth-order valence-electron chi connectivity index (χ4n) is 2.03. The van der Waals surface area contributed by atoms with Crippen molar-refractivity contribution >= 4 is 17.2 Å². The van der Waals surface area contributed by atoms with E-state index in [2.05, 4.69) is 36.5 Å². The molecule has 81 valence electrons. The maximum Gasteiger partial charge on any atom is 0.309 e. The summed E-state index contributed by atoms with van der Waals surface area (Å²) in [6.45, 7) is 2.05. The fraction of sp³-hybridized carbons (Fsp3) is 0.214. The summed E-state index contributed by atoms with van der Waals surface area (Å²) in [6, 6.07) is 14.4. The highest BCUT2D eigenvalue weighted by Crippen LogP contribution is 2.25. The van der Waals surface area contributed by atoms with Crippen LogP contribution in [0.4, 0.5) is 0 Å². The minimum atomic E-state index is 0.0450. The van der Waals surface area contributed by atoms with Gasteiger partial charge in [0.1, 0.15) is 0 Å². The Kier molecular flexibility index (Phi) is 3.20. The molecule has 0 aliphatic heterocycles. The van der Waals surface area contributed by atoms with Crippen LogP contribution in [0, 0.1) is 0 Å². The SMILES string of the molecule is CCC(N[C]=O)c1cccc2ccccc12. The van der Waals surface area contributed by atoms with Crippen LogP contribution in [0.1, 0.15) is 24.9 Å². The largest absolute Gasteiger partial charge is 0.341 e. The second kappa shape index (κ2) is 4.79. The summed E-state index contributed by atoms with van der Waals surface area (Å²) in [5.41, 5.74) is 1.16. The van der Waals surface area contributed by atoms with Crippen molar-refractivity contribution in [3.05, 3.63) is 48.0 Å². The van der Waals surface area contributed by atoms with E-state index < -0.39 is 0 Å². The minimum absolute atomic E-state index is 0.0450. The third kappa shape index (κ3) is 1.91. The second-order valence-corrected chi connectivity index (χ2v) is 3.78. The molecule has 0 saturated heterocycles.